The van der Waals surface area contributed by atoms with Gasteiger partial charge in [-0.3, -0.25) is 0 Å². The van der Waals surface area contributed by atoms with Crippen LogP contribution in [0.5, 0.6) is 0 Å². The Balaban J connectivity index is 2.94. The molecular weight excluding hydrogens is 164 g/mol. The van der Waals surface area contributed by atoms with Crippen LogP contribution >= 0.6 is 0 Å². The molecule has 0 fully saturated rings. The number of hydrogen-bond donors (Lipinski definition) is 0. The van der Waals surface area contributed by atoms with Crippen molar-refractivity contribution in [1.82, 2.24) is 0 Å². The van der Waals surface area contributed by atoms with Gasteiger partial charge in [-0.2, -0.15) is 12.0 Å². The lowest BCUT2D eigenvalue weighted by Crippen LogP contribution is -2.13. The highest BCUT2D eigenvalue weighted by Gasteiger charge is 2.16. The summed E-state index contributed by atoms with van der Waals surface area (Å²) in [6, 6.07) is 0. The SMILES string of the molecule is O=S1C=CCS(=O)(=O)O1. The van der Waals surface area contributed by atoms with Crippen LogP contribution in [0.3, 0.4) is 0 Å². The zero-order valence-electron chi connectivity index (χ0n) is 4.31. The van der Waals surface area contributed by atoms with E-state index in [1.54, 1.807) is 0 Å². The van der Waals surface area contributed by atoms with Crippen molar-refractivity contribution in [2.75, 3.05) is 5.75 Å². The predicted molar refractivity (Wildman–Crippen MR) is 32.2 cm³/mol. The molecule has 0 saturated carbocycles. The van der Waals surface area contributed by atoms with Gasteiger partial charge in [0.1, 0.15) is 0 Å². The highest BCUT2D eigenvalue weighted by molar-refractivity contribution is 7.98. The molecule has 0 aromatic carbocycles. The van der Waals surface area contributed by atoms with E-state index in [1.165, 1.54) is 11.5 Å². The van der Waals surface area contributed by atoms with E-state index in [2.05, 4.69) is 3.63 Å². The molecule has 1 aliphatic rings. The van der Waals surface area contributed by atoms with Gasteiger partial charge in [-0.1, -0.05) is 6.08 Å². The molecule has 1 atom stereocenters. The van der Waals surface area contributed by atoms with Gasteiger partial charge < -0.3 is 0 Å². The Bertz CT molecular complexity index is 249. The van der Waals surface area contributed by atoms with Crippen LogP contribution < -0.4 is 0 Å². The van der Waals surface area contributed by atoms with Gasteiger partial charge in [0.2, 0.25) is 0 Å². The lowest BCUT2D eigenvalue weighted by molar-refractivity contribution is 0.503. The highest BCUT2D eigenvalue weighted by atomic mass is 32.3. The summed E-state index contributed by atoms with van der Waals surface area (Å²) in [5, 5.41) is 1.20. The third kappa shape index (κ3) is 1.88. The van der Waals surface area contributed by atoms with Gasteiger partial charge in [0.25, 0.3) is 10.1 Å². The van der Waals surface area contributed by atoms with E-state index < -0.39 is 21.2 Å². The van der Waals surface area contributed by atoms with Crippen LogP contribution in [0.1, 0.15) is 0 Å². The monoisotopic (exact) mass is 168 g/mol. The van der Waals surface area contributed by atoms with Crippen molar-refractivity contribution in [2.45, 2.75) is 0 Å². The molecule has 0 spiro atoms. The molecule has 0 bridgehead atoms. The number of rotatable bonds is 0. The molecule has 1 rings (SSSR count). The van der Waals surface area contributed by atoms with Gasteiger partial charge in [-0.25, -0.2) is 4.21 Å². The standard InChI is InChI=1S/C3H4O4S2/c4-8-2-1-3-9(5,6)7-8/h1-2H,3H2. The molecular formula is C3H4O4S2. The molecule has 0 N–H and O–H groups in total. The first kappa shape index (κ1) is 6.91. The predicted octanol–water partition coefficient (Wildman–Crippen LogP) is -0.476. The third-order valence-corrected chi connectivity index (χ3v) is 3.06. The molecule has 0 aliphatic carbocycles. The quantitative estimate of drug-likeness (QED) is 0.490. The summed E-state index contributed by atoms with van der Waals surface area (Å²) in [6.45, 7) is 0. The maximum atomic E-state index is 10.4. The zero-order chi connectivity index (χ0) is 6.91. The summed E-state index contributed by atoms with van der Waals surface area (Å²) in [5.74, 6) is -0.182. The van der Waals surface area contributed by atoms with Crippen molar-refractivity contribution < 1.29 is 16.3 Å². The second-order valence-electron chi connectivity index (χ2n) is 1.42. The lowest BCUT2D eigenvalue weighted by Gasteiger charge is -2.02. The van der Waals surface area contributed by atoms with Gasteiger partial charge in [0, 0.05) is 5.41 Å². The van der Waals surface area contributed by atoms with E-state index >= 15 is 0 Å². The molecule has 1 heterocycles. The summed E-state index contributed by atoms with van der Waals surface area (Å²) in [7, 11) is -3.52. The van der Waals surface area contributed by atoms with E-state index in [0.29, 0.717) is 0 Å². The van der Waals surface area contributed by atoms with Crippen molar-refractivity contribution >= 4 is 21.2 Å². The summed E-state index contributed by atoms with van der Waals surface area (Å²) >= 11 is -1.78. The first-order valence-corrected chi connectivity index (χ1v) is 4.81. The van der Waals surface area contributed by atoms with E-state index in [0.717, 1.165) is 0 Å². The molecule has 0 saturated heterocycles. The fraction of sp³-hybridized carbons (Fsp3) is 0.333. The summed E-state index contributed by atoms with van der Waals surface area (Å²) in [5.41, 5.74) is 0. The smallest absolute Gasteiger partial charge is 0.224 e. The van der Waals surface area contributed by atoms with Gasteiger partial charge >= 0.3 is 0 Å². The Morgan fingerprint density at radius 3 is 2.56 bits per heavy atom. The Kier molecular flexibility index (Phi) is 1.69. The van der Waals surface area contributed by atoms with Crippen LogP contribution in [-0.4, -0.2) is 18.4 Å². The fourth-order valence-corrected chi connectivity index (χ4v) is 2.32. The Labute approximate surface area is 55.3 Å². The fourth-order valence-electron chi connectivity index (χ4n) is 0.388. The van der Waals surface area contributed by atoms with Crippen molar-refractivity contribution in [1.29, 1.82) is 0 Å². The Morgan fingerprint density at radius 1 is 1.56 bits per heavy atom. The van der Waals surface area contributed by atoms with Crippen molar-refractivity contribution in [3.05, 3.63) is 11.5 Å². The van der Waals surface area contributed by atoms with Crippen LogP contribution in [0.4, 0.5) is 0 Å². The second-order valence-corrected chi connectivity index (χ2v) is 4.21. The van der Waals surface area contributed by atoms with Crippen molar-refractivity contribution in [3.8, 4) is 0 Å². The average Bonchev–Trinajstić information content (AvgIpc) is 1.60. The molecule has 6 heteroatoms. The van der Waals surface area contributed by atoms with E-state index in [9.17, 15) is 12.6 Å². The maximum Gasteiger partial charge on any atom is 0.284 e. The lowest BCUT2D eigenvalue weighted by atomic mass is 10.8. The minimum absolute atomic E-state index is 0.182. The summed E-state index contributed by atoms with van der Waals surface area (Å²) in [4.78, 5) is 0. The van der Waals surface area contributed by atoms with Gasteiger partial charge in [0.15, 0.2) is 11.1 Å². The van der Waals surface area contributed by atoms with E-state index in [-0.39, 0.29) is 5.75 Å². The van der Waals surface area contributed by atoms with Gasteiger partial charge in [-0.05, 0) is 0 Å². The molecule has 0 aromatic heterocycles. The zero-order valence-corrected chi connectivity index (χ0v) is 5.94. The first-order valence-electron chi connectivity index (χ1n) is 2.10. The minimum Gasteiger partial charge on any atom is -0.224 e. The number of hydrogen-bond acceptors (Lipinski definition) is 4. The van der Waals surface area contributed by atoms with Gasteiger partial charge in [-0.15, -0.1) is 0 Å². The van der Waals surface area contributed by atoms with Crippen molar-refractivity contribution in [3.63, 3.8) is 0 Å². The minimum atomic E-state index is -3.52. The average molecular weight is 168 g/mol. The molecule has 1 aliphatic heterocycles. The summed E-state index contributed by atoms with van der Waals surface area (Å²) in [6.07, 6.45) is 1.30. The molecule has 1 unspecified atom stereocenters. The molecule has 52 valence electrons. The summed E-state index contributed by atoms with van der Waals surface area (Å²) < 4.78 is 35.1. The van der Waals surface area contributed by atoms with E-state index in [1.807, 2.05) is 0 Å². The normalized spacial score (nSPS) is 32.2. The molecule has 0 aromatic rings. The largest absolute Gasteiger partial charge is 0.284 e. The van der Waals surface area contributed by atoms with Crippen LogP contribution in [-0.2, 0) is 24.8 Å². The second kappa shape index (κ2) is 2.20. The first-order chi connectivity index (χ1) is 4.10. The molecule has 0 radical (unpaired) electrons. The highest BCUT2D eigenvalue weighted by Crippen LogP contribution is 2.05. The maximum absolute atomic E-state index is 10.4. The Hall–Kier alpha value is -0.200. The molecule has 4 nitrogen and oxygen atoms in total. The Morgan fingerprint density at radius 2 is 2.22 bits per heavy atom. The van der Waals surface area contributed by atoms with Crippen LogP contribution in [0, 0.1) is 0 Å². The van der Waals surface area contributed by atoms with Crippen LogP contribution in [0.2, 0.25) is 0 Å². The topological polar surface area (TPSA) is 60.4 Å². The van der Waals surface area contributed by atoms with Crippen LogP contribution in [0.15, 0.2) is 11.5 Å². The van der Waals surface area contributed by atoms with Crippen LogP contribution in [0.25, 0.3) is 0 Å². The van der Waals surface area contributed by atoms with Crippen molar-refractivity contribution in [2.24, 2.45) is 0 Å². The third-order valence-electron chi connectivity index (χ3n) is 0.678. The molecule has 0 amide bonds. The van der Waals surface area contributed by atoms with E-state index in [4.69, 9.17) is 0 Å². The van der Waals surface area contributed by atoms with Gasteiger partial charge in [0.05, 0.1) is 5.75 Å². The molecule has 9 heavy (non-hydrogen) atoms.